The number of anilines is 2. The minimum atomic E-state index is -0.637. The van der Waals surface area contributed by atoms with Crippen LogP contribution in [0.15, 0.2) is 42.5 Å². The summed E-state index contributed by atoms with van der Waals surface area (Å²) < 4.78 is 9.91. The molecule has 2 rings (SSSR count). The van der Waals surface area contributed by atoms with Crippen LogP contribution in [-0.2, 0) is 19.1 Å². The van der Waals surface area contributed by atoms with E-state index in [1.165, 1.54) is 0 Å². The molecule has 0 radical (unpaired) electrons. The first kappa shape index (κ1) is 21.2. The molecular formula is C20H21ClN2O5. The minimum Gasteiger partial charge on any atom is -0.497 e. The lowest BCUT2D eigenvalue weighted by atomic mass is 10.2. The van der Waals surface area contributed by atoms with Crippen LogP contribution in [0.2, 0.25) is 5.02 Å². The predicted molar refractivity (Wildman–Crippen MR) is 107 cm³/mol. The van der Waals surface area contributed by atoms with E-state index < -0.39 is 18.5 Å². The number of halogens is 1. The SMILES string of the molecule is COc1ccc(NC(=O)COC(=O)CCC(=O)Nc2ccc(C)c(Cl)c2)cc1. The fraction of sp³-hybridized carbons (Fsp3) is 0.250. The van der Waals surface area contributed by atoms with Crippen LogP contribution in [0.4, 0.5) is 11.4 Å². The van der Waals surface area contributed by atoms with Gasteiger partial charge < -0.3 is 20.1 Å². The molecule has 0 spiro atoms. The molecule has 0 fully saturated rings. The van der Waals surface area contributed by atoms with Gasteiger partial charge in [-0.25, -0.2) is 0 Å². The summed E-state index contributed by atoms with van der Waals surface area (Å²) in [6, 6.07) is 11.9. The number of benzene rings is 2. The second kappa shape index (κ2) is 10.3. The average Bonchev–Trinajstić information content (AvgIpc) is 2.68. The molecule has 2 N–H and O–H groups in total. The van der Waals surface area contributed by atoms with Crippen molar-refractivity contribution in [1.82, 2.24) is 0 Å². The molecule has 2 amide bonds. The summed E-state index contributed by atoms with van der Waals surface area (Å²) in [4.78, 5) is 35.4. The normalized spacial score (nSPS) is 10.1. The molecule has 0 unspecified atom stereocenters. The van der Waals surface area contributed by atoms with Gasteiger partial charge >= 0.3 is 5.97 Å². The molecule has 0 atom stereocenters. The highest BCUT2D eigenvalue weighted by atomic mass is 35.5. The van der Waals surface area contributed by atoms with Crippen molar-refractivity contribution in [2.45, 2.75) is 19.8 Å². The Bertz CT molecular complexity index is 852. The Balaban J connectivity index is 1.69. The number of carbonyl (C=O) groups excluding carboxylic acids is 3. The minimum absolute atomic E-state index is 0.0651. The molecule has 2 aromatic rings. The quantitative estimate of drug-likeness (QED) is 0.656. The summed E-state index contributed by atoms with van der Waals surface area (Å²) >= 11 is 6.00. The van der Waals surface area contributed by atoms with Gasteiger partial charge in [0.05, 0.1) is 13.5 Å². The van der Waals surface area contributed by atoms with Crippen molar-refractivity contribution < 1.29 is 23.9 Å². The molecule has 7 nitrogen and oxygen atoms in total. The van der Waals surface area contributed by atoms with Gasteiger partial charge in [0.15, 0.2) is 6.61 Å². The Morgan fingerprint density at radius 2 is 1.57 bits per heavy atom. The van der Waals surface area contributed by atoms with Crippen LogP contribution in [0.25, 0.3) is 0 Å². The molecule has 0 aromatic heterocycles. The van der Waals surface area contributed by atoms with Gasteiger partial charge in [-0.2, -0.15) is 0 Å². The molecule has 2 aromatic carbocycles. The zero-order valence-electron chi connectivity index (χ0n) is 15.6. The number of nitrogens with one attached hydrogen (secondary N) is 2. The molecule has 28 heavy (non-hydrogen) atoms. The van der Waals surface area contributed by atoms with E-state index in [4.69, 9.17) is 21.1 Å². The summed E-state index contributed by atoms with van der Waals surface area (Å²) in [5.41, 5.74) is 2.00. The van der Waals surface area contributed by atoms with Crippen LogP contribution < -0.4 is 15.4 Å². The zero-order valence-corrected chi connectivity index (χ0v) is 16.3. The monoisotopic (exact) mass is 404 g/mol. The van der Waals surface area contributed by atoms with Crippen LogP contribution in [-0.4, -0.2) is 31.5 Å². The average molecular weight is 405 g/mol. The highest BCUT2D eigenvalue weighted by Crippen LogP contribution is 2.20. The number of methoxy groups -OCH3 is 1. The molecule has 0 aliphatic rings. The van der Waals surface area contributed by atoms with Gasteiger partial charge in [-0.1, -0.05) is 17.7 Å². The highest BCUT2D eigenvalue weighted by molar-refractivity contribution is 6.31. The summed E-state index contributed by atoms with van der Waals surface area (Å²) in [7, 11) is 1.54. The molecule has 8 heteroatoms. The fourth-order valence-electron chi connectivity index (χ4n) is 2.20. The maximum atomic E-state index is 11.9. The van der Waals surface area contributed by atoms with Crippen LogP contribution in [0, 0.1) is 6.92 Å². The van der Waals surface area contributed by atoms with Crippen molar-refractivity contribution in [3.63, 3.8) is 0 Å². The van der Waals surface area contributed by atoms with E-state index in [1.807, 2.05) is 6.92 Å². The largest absolute Gasteiger partial charge is 0.497 e. The van der Waals surface area contributed by atoms with Crippen molar-refractivity contribution >= 4 is 40.8 Å². The second-order valence-electron chi connectivity index (χ2n) is 5.95. The van der Waals surface area contributed by atoms with E-state index in [0.29, 0.717) is 22.1 Å². The van der Waals surface area contributed by atoms with E-state index in [1.54, 1.807) is 49.6 Å². The Morgan fingerprint density at radius 1 is 0.929 bits per heavy atom. The smallest absolute Gasteiger partial charge is 0.306 e. The van der Waals surface area contributed by atoms with E-state index in [0.717, 1.165) is 5.56 Å². The third-order valence-electron chi connectivity index (χ3n) is 3.75. The first-order valence-electron chi connectivity index (χ1n) is 8.53. The van der Waals surface area contributed by atoms with Gasteiger partial charge in [0.2, 0.25) is 5.91 Å². The van der Waals surface area contributed by atoms with Crippen molar-refractivity contribution in [2.75, 3.05) is 24.4 Å². The number of rotatable bonds is 8. The van der Waals surface area contributed by atoms with Gasteiger partial charge in [-0.3, -0.25) is 14.4 Å². The molecule has 0 aliphatic heterocycles. The van der Waals surface area contributed by atoms with Crippen LogP contribution in [0.5, 0.6) is 5.75 Å². The Kier molecular flexibility index (Phi) is 7.83. The third-order valence-corrected chi connectivity index (χ3v) is 4.16. The molecule has 0 aliphatic carbocycles. The number of amides is 2. The molecule has 0 saturated carbocycles. The van der Waals surface area contributed by atoms with E-state index >= 15 is 0 Å². The molecule has 0 saturated heterocycles. The van der Waals surface area contributed by atoms with Gasteiger partial charge in [0.25, 0.3) is 5.91 Å². The molecule has 0 bridgehead atoms. The van der Waals surface area contributed by atoms with Crippen LogP contribution >= 0.6 is 11.6 Å². The number of hydrogen-bond acceptors (Lipinski definition) is 5. The number of carbonyl (C=O) groups is 3. The van der Waals surface area contributed by atoms with Crippen molar-refractivity contribution in [3.05, 3.63) is 53.1 Å². The lowest BCUT2D eigenvalue weighted by Crippen LogP contribution is -2.21. The Morgan fingerprint density at radius 3 is 2.21 bits per heavy atom. The third kappa shape index (κ3) is 6.92. The predicted octanol–water partition coefficient (Wildman–Crippen LogP) is 3.56. The maximum absolute atomic E-state index is 11.9. The van der Waals surface area contributed by atoms with E-state index in [9.17, 15) is 14.4 Å². The fourth-order valence-corrected chi connectivity index (χ4v) is 2.38. The number of aryl methyl sites for hydroxylation is 1. The van der Waals surface area contributed by atoms with Crippen molar-refractivity contribution in [3.8, 4) is 5.75 Å². The molecule has 148 valence electrons. The van der Waals surface area contributed by atoms with Gasteiger partial charge in [-0.05, 0) is 48.9 Å². The van der Waals surface area contributed by atoms with Gasteiger partial charge in [0, 0.05) is 22.8 Å². The van der Waals surface area contributed by atoms with E-state index in [2.05, 4.69) is 10.6 Å². The summed E-state index contributed by atoms with van der Waals surface area (Å²) in [6.45, 7) is 1.43. The lowest BCUT2D eigenvalue weighted by molar-refractivity contribution is -0.147. The first-order chi connectivity index (χ1) is 13.4. The highest BCUT2D eigenvalue weighted by Gasteiger charge is 2.11. The zero-order chi connectivity index (χ0) is 20.5. The number of hydrogen-bond donors (Lipinski definition) is 2. The van der Waals surface area contributed by atoms with Crippen LogP contribution in [0.3, 0.4) is 0 Å². The first-order valence-corrected chi connectivity index (χ1v) is 8.90. The summed E-state index contributed by atoms with van der Waals surface area (Å²) in [5.74, 6) is -0.797. The molecular weight excluding hydrogens is 384 g/mol. The Labute approximate surface area is 168 Å². The van der Waals surface area contributed by atoms with E-state index in [-0.39, 0.29) is 18.7 Å². The lowest BCUT2D eigenvalue weighted by Gasteiger charge is -2.08. The Hall–Kier alpha value is -3.06. The van der Waals surface area contributed by atoms with Crippen LogP contribution in [0.1, 0.15) is 18.4 Å². The summed E-state index contributed by atoms with van der Waals surface area (Å²) in [6.07, 6.45) is -0.203. The van der Waals surface area contributed by atoms with Gasteiger partial charge in [-0.15, -0.1) is 0 Å². The van der Waals surface area contributed by atoms with Crippen molar-refractivity contribution in [1.29, 1.82) is 0 Å². The maximum Gasteiger partial charge on any atom is 0.306 e. The second-order valence-corrected chi connectivity index (χ2v) is 6.36. The van der Waals surface area contributed by atoms with Gasteiger partial charge in [0.1, 0.15) is 5.75 Å². The van der Waals surface area contributed by atoms with Crippen molar-refractivity contribution in [2.24, 2.45) is 0 Å². The standard InChI is InChI=1S/C20H21ClN2O5/c1-13-3-4-15(11-17(13)21)23-18(24)9-10-20(26)28-12-19(25)22-14-5-7-16(27-2)8-6-14/h3-8,11H,9-10,12H2,1-2H3,(H,22,25)(H,23,24). The summed E-state index contributed by atoms with van der Waals surface area (Å²) in [5, 5.41) is 5.79. The topological polar surface area (TPSA) is 93.7 Å². The number of ether oxygens (including phenoxy) is 2. The number of esters is 1. The molecule has 0 heterocycles.